The van der Waals surface area contributed by atoms with Crippen LogP contribution in [0.1, 0.15) is 23.3 Å². The number of carbonyl (C=O) groups is 3. The standard InChI is InChI=1S/C25H21BrN2O6S2/c1-3-34-17(29)12-27-24-21(36-25(27)32)18(13-5-4-6-14(26)11-13)19-20(35-24)23(31)28(22(19)30)15-7-9-16(33-2)10-8-15/h4-11,18-20H,3,12H2,1-2H3/t18-,19?,20?/m1/s1. The summed E-state index contributed by atoms with van der Waals surface area (Å²) in [6.07, 6.45) is 0. The molecule has 2 aromatic carbocycles. The van der Waals surface area contributed by atoms with Crippen molar-refractivity contribution in [1.82, 2.24) is 4.57 Å². The molecule has 0 N–H and O–H groups in total. The Hall–Kier alpha value is -2.89. The summed E-state index contributed by atoms with van der Waals surface area (Å²) in [5.41, 5.74) is 1.27. The summed E-state index contributed by atoms with van der Waals surface area (Å²) in [4.78, 5) is 54.3. The lowest BCUT2D eigenvalue weighted by Gasteiger charge is -2.30. The van der Waals surface area contributed by atoms with Crippen LogP contribution in [0.3, 0.4) is 0 Å². The largest absolute Gasteiger partial charge is 0.497 e. The third-order valence-corrected chi connectivity index (χ3v) is 9.28. The number of benzene rings is 2. The second-order valence-electron chi connectivity index (χ2n) is 8.24. The van der Waals surface area contributed by atoms with Gasteiger partial charge in [-0.05, 0) is 48.9 Å². The third-order valence-electron chi connectivity index (χ3n) is 6.18. The van der Waals surface area contributed by atoms with Gasteiger partial charge in [0.15, 0.2) is 0 Å². The van der Waals surface area contributed by atoms with E-state index in [1.807, 2.05) is 24.3 Å². The first kappa shape index (κ1) is 24.8. The van der Waals surface area contributed by atoms with Crippen LogP contribution in [0.2, 0.25) is 0 Å². The predicted octanol–water partition coefficient (Wildman–Crippen LogP) is 4.04. The minimum Gasteiger partial charge on any atom is -0.497 e. The first-order valence-electron chi connectivity index (χ1n) is 11.2. The highest BCUT2D eigenvalue weighted by atomic mass is 79.9. The van der Waals surface area contributed by atoms with Crippen molar-refractivity contribution in [2.24, 2.45) is 5.92 Å². The number of thioether (sulfide) groups is 1. The Morgan fingerprint density at radius 2 is 1.83 bits per heavy atom. The van der Waals surface area contributed by atoms with Gasteiger partial charge in [0.1, 0.15) is 17.5 Å². The first-order valence-corrected chi connectivity index (χ1v) is 13.7. The third kappa shape index (κ3) is 4.18. The molecule has 11 heteroatoms. The van der Waals surface area contributed by atoms with Crippen molar-refractivity contribution in [1.29, 1.82) is 0 Å². The van der Waals surface area contributed by atoms with E-state index in [-0.39, 0.29) is 29.8 Å². The Morgan fingerprint density at radius 1 is 1.08 bits per heavy atom. The summed E-state index contributed by atoms with van der Waals surface area (Å²) in [6, 6.07) is 14.3. The van der Waals surface area contributed by atoms with Crippen LogP contribution in [0.4, 0.5) is 5.69 Å². The molecule has 1 aromatic heterocycles. The van der Waals surface area contributed by atoms with E-state index in [9.17, 15) is 19.2 Å². The molecule has 0 spiro atoms. The predicted molar refractivity (Wildman–Crippen MR) is 140 cm³/mol. The molecule has 3 aromatic rings. The topological polar surface area (TPSA) is 94.9 Å². The van der Waals surface area contributed by atoms with E-state index < -0.39 is 23.1 Å². The number of thiazole rings is 1. The lowest BCUT2D eigenvalue weighted by Crippen LogP contribution is -2.32. The van der Waals surface area contributed by atoms with Gasteiger partial charge >= 0.3 is 10.8 Å². The molecule has 0 radical (unpaired) electrons. The fourth-order valence-electron chi connectivity index (χ4n) is 4.64. The molecular weight excluding hydrogens is 568 g/mol. The summed E-state index contributed by atoms with van der Waals surface area (Å²) in [7, 11) is 1.54. The fourth-order valence-corrected chi connectivity index (χ4v) is 7.83. The number of hydrogen-bond donors (Lipinski definition) is 0. The minimum absolute atomic E-state index is 0.197. The zero-order chi connectivity index (χ0) is 25.6. The molecule has 186 valence electrons. The highest BCUT2D eigenvalue weighted by molar-refractivity contribution is 9.10. The maximum absolute atomic E-state index is 13.8. The number of carbonyl (C=O) groups excluding carboxylic acids is 3. The van der Waals surface area contributed by atoms with E-state index in [0.717, 1.165) is 21.4 Å². The quantitative estimate of drug-likeness (QED) is 0.317. The molecule has 2 aliphatic rings. The van der Waals surface area contributed by atoms with Gasteiger partial charge in [-0.25, -0.2) is 4.90 Å². The molecule has 0 saturated carbocycles. The Kier molecular flexibility index (Phi) is 6.80. The molecule has 3 atom stereocenters. The molecule has 3 heterocycles. The molecular formula is C25H21BrN2O6S2. The second-order valence-corrected chi connectivity index (χ2v) is 11.3. The zero-order valence-corrected chi connectivity index (χ0v) is 22.5. The van der Waals surface area contributed by atoms with Crippen molar-refractivity contribution in [3.63, 3.8) is 0 Å². The van der Waals surface area contributed by atoms with Crippen LogP contribution in [0.15, 0.2) is 62.8 Å². The molecule has 1 saturated heterocycles. The van der Waals surface area contributed by atoms with Gasteiger partial charge in [0, 0.05) is 15.3 Å². The molecule has 36 heavy (non-hydrogen) atoms. The number of nitrogens with zero attached hydrogens (tertiary/aromatic N) is 2. The van der Waals surface area contributed by atoms with Gasteiger partial charge in [-0.3, -0.25) is 23.7 Å². The Balaban J connectivity index is 1.63. The van der Waals surface area contributed by atoms with Crippen molar-refractivity contribution in [2.45, 2.75) is 29.7 Å². The monoisotopic (exact) mass is 588 g/mol. The van der Waals surface area contributed by atoms with E-state index in [1.165, 1.54) is 21.2 Å². The number of esters is 1. The fraction of sp³-hybridized carbons (Fsp3) is 0.280. The average Bonchev–Trinajstić information content (AvgIpc) is 3.30. The molecule has 2 unspecified atom stereocenters. The number of halogens is 1. The second kappa shape index (κ2) is 9.87. The van der Waals surface area contributed by atoms with Gasteiger partial charge in [0.05, 0.1) is 30.3 Å². The van der Waals surface area contributed by atoms with Crippen molar-refractivity contribution in [3.8, 4) is 5.75 Å². The summed E-state index contributed by atoms with van der Waals surface area (Å²) in [5, 5.41) is -0.222. The Bertz CT molecular complexity index is 1420. The number of methoxy groups -OCH3 is 1. The van der Waals surface area contributed by atoms with Crippen LogP contribution in [-0.4, -0.2) is 41.3 Å². The van der Waals surface area contributed by atoms with E-state index >= 15 is 0 Å². The number of aromatic nitrogens is 1. The number of imide groups is 1. The van der Waals surface area contributed by atoms with Crippen LogP contribution < -0.4 is 14.5 Å². The molecule has 5 rings (SSSR count). The lowest BCUT2D eigenvalue weighted by molar-refractivity contribution is -0.144. The minimum atomic E-state index is -0.751. The van der Waals surface area contributed by atoms with Gasteiger partial charge in [0.2, 0.25) is 11.8 Å². The number of anilines is 1. The molecule has 2 aliphatic heterocycles. The van der Waals surface area contributed by atoms with Gasteiger partial charge in [-0.15, -0.1) is 0 Å². The number of hydrogen-bond acceptors (Lipinski definition) is 8. The molecule has 8 nitrogen and oxygen atoms in total. The van der Waals surface area contributed by atoms with Crippen LogP contribution in [0, 0.1) is 5.92 Å². The first-order chi connectivity index (χ1) is 17.3. The van der Waals surface area contributed by atoms with Crippen molar-refractivity contribution >= 4 is 62.5 Å². The normalized spacial score (nSPS) is 20.8. The summed E-state index contributed by atoms with van der Waals surface area (Å²) in [5.74, 6) is -1.83. The number of fused-ring (bicyclic) bond motifs is 2. The van der Waals surface area contributed by atoms with Gasteiger partial charge in [0.25, 0.3) is 0 Å². The lowest BCUT2D eigenvalue weighted by atomic mass is 9.83. The number of rotatable bonds is 6. The van der Waals surface area contributed by atoms with Crippen molar-refractivity contribution in [2.75, 3.05) is 18.6 Å². The van der Waals surface area contributed by atoms with Gasteiger partial charge in [-0.2, -0.15) is 0 Å². The number of amides is 2. The van der Waals surface area contributed by atoms with E-state index in [2.05, 4.69) is 15.9 Å². The maximum atomic E-state index is 13.8. The van der Waals surface area contributed by atoms with Crippen LogP contribution in [0.5, 0.6) is 5.75 Å². The Morgan fingerprint density at radius 3 is 2.50 bits per heavy atom. The van der Waals surface area contributed by atoms with Crippen LogP contribution in [-0.2, 0) is 25.7 Å². The summed E-state index contributed by atoms with van der Waals surface area (Å²) in [6.45, 7) is 1.64. The van der Waals surface area contributed by atoms with E-state index in [0.29, 0.717) is 21.3 Å². The zero-order valence-electron chi connectivity index (χ0n) is 19.3. The molecule has 0 aliphatic carbocycles. The maximum Gasteiger partial charge on any atom is 0.326 e. The molecule has 2 amide bonds. The average molecular weight is 589 g/mol. The molecule has 1 fully saturated rings. The van der Waals surface area contributed by atoms with Crippen LogP contribution in [0.25, 0.3) is 0 Å². The highest BCUT2D eigenvalue weighted by Crippen LogP contribution is 2.54. The van der Waals surface area contributed by atoms with Crippen molar-refractivity contribution < 1.29 is 23.9 Å². The van der Waals surface area contributed by atoms with E-state index in [1.54, 1.807) is 38.3 Å². The SMILES string of the molecule is CCOC(=O)Cn1c2c(sc1=O)[C@H](c1cccc(Br)c1)C1C(=O)N(c3ccc(OC)cc3)C(=O)C1S2. The summed E-state index contributed by atoms with van der Waals surface area (Å²) < 4.78 is 12.4. The van der Waals surface area contributed by atoms with Crippen LogP contribution >= 0.6 is 39.0 Å². The smallest absolute Gasteiger partial charge is 0.326 e. The molecule has 0 bridgehead atoms. The number of ether oxygens (including phenoxy) is 2. The summed E-state index contributed by atoms with van der Waals surface area (Å²) >= 11 is 5.67. The Labute approximate surface area is 223 Å². The van der Waals surface area contributed by atoms with Gasteiger partial charge in [-0.1, -0.05) is 51.2 Å². The highest BCUT2D eigenvalue weighted by Gasteiger charge is 2.56. The van der Waals surface area contributed by atoms with Gasteiger partial charge < -0.3 is 9.47 Å². The van der Waals surface area contributed by atoms with Crippen molar-refractivity contribution in [3.05, 3.63) is 73.1 Å². The van der Waals surface area contributed by atoms with E-state index in [4.69, 9.17) is 9.47 Å².